The van der Waals surface area contributed by atoms with Crippen molar-refractivity contribution in [2.45, 2.75) is 18.8 Å². The second kappa shape index (κ2) is 6.26. The van der Waals surface area contributed by atoms with E-state index in [4.69, 9.17) is 4.55 Å². The number of rotatable bonds is 3. The zero-order valence-corrected chi connectivity index (χ0v) is 12.3. The Morgan fingerprint density at radius 2 is 2.20 bits per heavy atom. The first kappa shape index (κ1) is 14.3. The molecule has 0 radical (unpaired) electrons. The summed E-state index contributed by atoms with van der Waals surface area (Å²) < 4.78 is 33.4. The molecule has 0 fully saturated rings. The number of hydrogen-bond donors (Lipinski definition) is 1. The van der Waals surface area contributed by atoms with Gasteiger partial charge in [0.1, 0.15) is 10.5 Å². The molecule has 0 aliphatic heterocycles. The zero-order valence-electron chi connectivity index (χ0n) is 7.36. The van der Waals surface area contributed by atoms with Gasteiger partial charge in [-0.25, -0.2) is 0 Å². The number of hydrogen-bond acceptors (Lipinski definition) is 3. The van der Waals surface area contributed by atoms with Crippen LogP contribution in [0.1, 0.15) is 14.8 Å². The molecule has 10 heavy (non-hydrogen) atoms. The fourth-order valence-corrected chi connectivity index (χ4v) is 2.23. The van der Waals surface area contributed by atoms with Crippen molar-refractivity contribution in [2.75, 3.05) is 0 Å². The van der Waals surface area contributed by atoms with Gasteiger partial charge in [0.15, 0.2) is 5.44 Å². The van der Waals surface area contributed by atoms with E-state index in [-0.39, 0.29) is 52.8 Å². The third kappa shape index (κ3) is 5.38. The summed E-state index contributed by atoms with van der Waals surface area (Å²) in [6, 6.07) is 0. The Kier molecular flexibility index (Phi) is 8.93. The molecule has 0 saturated heterocycles. The van der Waals surface area contributed by atoms with Gasteiger partial charge in [0.05, 0.1) is 0 Å². The van der Waals surface area contributed by atoms with Crippen LogP contribution >= 0.6 is 0 Å². The van der Waals surface area contributed by atoms with Crippen LogP contribution in [0.15, 0.2) is 0 Å². The molecule has 0 saturated carbocycles. The topological polar surface area (TPSA) is 63.6 Å². The maximum absolute atomic E-state index is 10.2. The minimum Gasteiger partial charge on any atom is -1.00 e. The summed E-state index contributed by atoms with van der Waals surface area (Å²) in [6.45, 7) is 1.64. The summed E-state index contributed by atoms with van der Waals surface area (Å²) in [5.41, 5.74) is -1.01. The van der Waals surface area contributed by atoms with Gasteiger partial charge >= 0.3 is 51.4 Å². The van der Waals surface area contributed by atoms with Crippen molar-refractivity contribution in [1.29, 1.82) is 0 Å². The van der Waals surface area contributed by atoms with Crippen molar-refractivity contribution in [3.8, 4) is 0 Å². The van der Waals surface area contributed by atoms with Crippen LogP contribution in [0.25, 0.3) is 0 Å². The minimum absolute atomic E-state index is 0. The molecule has 0 aliphatic rings. The molecule has 0 rings (SSSR count). The van der Waals surface area contributed by atoms with Gasteiger partial charge in [0.25, 0.3) is 10.1 Å². The van der Waals surface area contributed by atoms with Crippen LogP contribution in [-0.2, 0) is 14.5 Å². The van der Waals surface area contributed by atoms with E-state index in [0.29, 0.717) is 16.9 Å². The summed E-state index contributed by atoms with van der Waals surface area (Å²) >= 11 is 0. The van der Waals surface area contributed by atoms with E-state index >= 15 is 0 Å². The van der Waals surface area contributed by atoms with Crippen LogP contribution in [0.2, 0.25) is 0 Å². The van der Waals surface area contributed by atoms with Gasteiger partial charge in [0.2, 0.25) is 0 Å². The first-order valence-corrected chi connectivity index (χ1v) is 4.83. The fourth-order valence-electron chi connectivity index (χ4n) is 0.499. The molecule has 1 atom stereocenters. The van der Waals surface area contributed by atoms with Gasteiger partial charge in [-0.3, -0.25) is 4.55 Å². The van der Waals surface area contributed by atoms with Gasteiger partial charge in [-0.05, 0) is 6.42 Å². The van der Waals surface area contributed by atoms with E-state index in [1.807, 2.05) is 0 Å². The van der Waals surface area contributed by atoms with Crippen LogP contribution in [0.4, 0.5) is 0 Å². The summed E-state index contributed by atoms with van der Waals surface area (Å²) in [6.07, 6.45) is 0.294. The average Bonchev–Trinajstić information content (AvgIpc) is 1.65. The second-order valence-corrected chi connectivity index (χ2v) is 3.62. The van der Waals surface area contributed by atoms with E-state index in [1.54, 1.807) is 6.92 Å². The monoisotopic (exact) mass is 210 g/mol. The molecule has 0 bridgehead atoms. The Morgan fingerprint density at radius 3 is 2.20 bits per heavy atom. The maximum atomic E-state index is 10.2. The summed E-state index contributed by atoms with van der Waals surface area (Å²) in [7, 11) is -3.63. The van der Waals surface area contributed by atoms with Crippen molar-refractivity contribution in [1.82, 2.24) is 0 Å². The maximum Gasteiger partial charge on any atom is 1.00 e. The van der Waals surface area contributed by atoms with E-state index < -0.39 is 15.6 Å². The molecule has 0 aromatic carbocycles. The van der Waals surface area contributed by atoms with Crippen molar-refractivity contribution in [2.24, 2.45) is 0 Å². The minimum atomic E-state index is -3.95. The molecule has 0 spiro atoms. The average molecular weight is 210 g/mol. The van der Waals surface area contributed by atoms with E-state index in [1.165, 1.54) is 0 Å². The van der Waals surface area contributed by atoms with Crippen molar-refractivity contribution in [3.05, 3.63) is 0 Å². The molecule has 0 aliphatic carbocycles. The molecule has 1 N–H and O–H groups in total. The Balaban J connectivity index is -0.000000320. The summed E-state index contributed by atoms with van der Waals surface area (Å²) in [5, 5.41) is 0. The van der Waals surface area contributed by atoms with Gasteiger partial charge in [-0.15, -0.1) is 0 Å². The first-order valence-electron chi connectivity index (χ1n) is 2.51. The molecular weight excluding hydrogens is 199 g/mol. The van der Waals surface area contributed by atoms with E-state index in [0.717, 1.165) is 0 Å². The molecule has 58 valence electrons. The molecule has 0 aromatic heterocycles. The molecule has 0 amide bonds. The normalized spacial score (nSPS) is 14.2. The molecule has 4 nitrogen and oxygen atoms in total. The predicted octanol–water partition coefficient (Wildman–Crippen LogP) is -3.98. The Hall–Kier alpha value is 1.72. The first-order chi connectivity index (χ1) is 4.02. The van der Waals surface area contributed by atoms with E-state index in [9.17, 15) is 8.42 Å². The van der Waals surface area contributed by atoms with E-state index in [2.05, 4.69) is 4.43 Å². The second-order valence-electron chi connectivity index (χ2n) is 1.59. The van der Waals surface area contributed by atoms with Crippen LogP contribution in [0.3, 0.4) is 0 Å². The van der Waals surface area contributed by atoms with Crippen molar-refractivity contribution >= 4 is 20.6 Å². The smallest absolute Gasteiger partial charge is 1.00 e. The zero-order chi connectivity index (χ0) is 7.49. The summed E-state index contributed by atoms with van der Waals surface area (Å²) in [5.74, 6) is 0. The van der Waals surface area contributed by atoms with Gasteiger partial charge in [-0.2, -0.15) is 8.42 Å². The van der Waals surface area contributed by atoms with Gasteiger partial charge in [-0.1, -0.05) is 6.92 Å². The molecule has 1 unspecified atom stereocenters. The van der Waals surface area contributed by atoms with Crippen molar-refractivity contribution in [3.63, 3.8) is 0 Å². The van der Waals surface area contributed by atoms with Crippen LogP contribution in [-0.4, -0.2) is 28.9 Å². The third-order valence-electron chi connectivity index (χ3n) is 0.928. The van der Waals surface area contributed by atoms with Crippen LogP contribution in [0, 0.1) is 0 Å². The SMILES string of the molecule is CCC(O[SiH3])S(=O)(=O)O.[H-].[K+]. The Morgan fingerprint density at radius 1 is 1.80 bits per heavy atom. The predicted molar refractivity (Wildman–Crippen MR) is 37.8 cm³/mol. The van der Waals surface area contributed by atoms with Gasteiger partial charge in [0, 0.05) is 0 Å². The molecular formula is C3H11KO4SSi. The largest absolute Gasteiger partial charge is 1.00 e. The van der Waals surface area contributed by atoms with Crippen molar-refractivity contribution < 1.29 is 70.2 Å². The molecule has 0 heterocycles. The Bertz CT molecular complexity index is 168. The van der Waals surface area contributed by atoms with Crippen LogP contribution in [0.5, 0.6) is 0 Å². The molecule has 7 heteroatoms. The van der Waals surface area contributed by atoms with Crippen LogP contribution < -0.4 is 51.4 Å². The molecule has 0 aromatic rings. The fraction of sp³-hybridized carbons (Fsp3) is 1.00. The standard InChI is InChI=1S/C3H10O4SSi.K.H/c1-2-3(7-9)8(4,5)6;;/h3H,2H2,1,9H3,(H,4,5,6);;/q;+1;-1. The third-order valence-corrected chi connectivity index (χ3v) is 3.03. The summed E-state index contributed by atoms with van der Waals surface area (Å²) in [4.78, 5) is 0. The quantitative estimate of drug-likeness (QED) is 0.381. The van der Waals surface area contributed by atoms with Gasteiger partial charge < -0.3 is 5.85 Å². The Labute approximate surface area is 108 Å².